The zero-order valence-electron chi connectivity index (χ0n) is 11.4. The SMILES string of the molecule is COC(=O)C(c1c(F)cccc1Cl)N1CCCNCC1. The molecular weight excluding hydrogens is 283 g/mol. The molecule has 0 radical (unpaired) electrons. The second kappa shape index (κ2) is 7.02. The van der Waals surface area contributed by atoms with Gasteiger partial charge in [0.1, 0.15) is 11.9 Å². The minimum absolute atomic E-state index is 0.197. The third kappa shape index (κ3) is 3.29. The van der Waals surface area contributed by atoms with Crippen LogP contribution in [-0.4, -0.2) is 44.2 Å². The van der Waals surface area contributed by atoms with Crippen molar-refractivity contribution in [1.29, 1.82) is 0 Å². The maximum absolute atomic E-state index is 14.1. The van der Waals surface area contributed by atoms with E-state index in [2.05, 4.69) is 5.32 Å². The molecule has 1 aromatic rings. The summed E-state index contributed by atoms with van der Waals surface area (Å²) >= 11 is 6.10. The van der Waals surface area contributed by atoms with E-state index in [-0.39, 0.29) is 10.6 Å². The van der Waals surface area contributed by atoms with Crippen molar-refractivity contribution in [3.8, 4) is 0 Å². The number of ether oxygens (including phenoxy) is 1. The Balaban J connectivity index is 2.38. The van der Waals surface area contributed by atoms with Crippen molar-refractivity contribution >= 4 is 17.6 Å². The molecule has 0 spiro atoms. The molecule has 2 rings (SSSR count). The molecule has 0 amide bonds. The van der Waals surface area contributed by atoms with Crippen LogP contribution in [0.5, 0.6) is 0 Å². The summed E-state index contributed by atoms with van der Waals surface area (Å²) < 4.78 is 19.0. The van der Waals surface area contributed by atoms with Crippen LogP contribution in [0.2, 0.25) is 5.02 Å². The average molecular weight is 301 g/mol. The van der Waals surface area contributed by atoms with Gasteiger partial charge in [0.15, 0.2) is 0 Å². The quantitative estimate of drug-likeness (QED) is 0.867. The van der Waals surface area contributed by atoms with Gasteiger partial charge in [-0.05, 0) is 25.1 Å². The van der Waals surface area contributed by atoms with Crippen LogP contribution in [-0.2, 0) is 9.53 Å². The molecule has 1 atom stereocenters. The maximum Gasteiger partial charge on any atom is 0.327 e. The van der Waals surface area contributed by atoms with E-state index in [0.717, 1.165) is 19.5 Å². The van der Waals surface area contributed by atoms with E-state index >= 15 is 0 Å². The first-order valence-corrected chi connectivity index (χ1v) is 6.99. The van der Waals surface area contributed by atoms with Crippen molar-refractivity contribution in [2.24, 2.45) is 0 Å². The van der Waals surface area contributed by atoms with Gasteiger partial charge in [-0.1, -0.05) is 17.7 Å². The van der Waals surface area contributed by atoms with E-state index in [4.69, 9.17) is 16.3 Å². The lowest BCUT2D eigenvalue weighted by Crippen LogP contribution is -2.38. The predicted octanol–water partition coefficient (Wildman–Crippen LogP) is 1.99. The number of hydrogen-bond donors (Lipinski definition) is 1. The molecular formula is C14H18ClFN2O2. The molecule has 6 heteroatoms. The summed E-state index contributed by atoms with van der Waals surface area (Å²) in [4.78, 5) is 14.0. The number of carbonyl (C=O) groups is 1. The van der Waals surface area contributed by atoms with E-state index in [1.807, 2.05) is 4.90 Å². The Kier molecular flexibility index (Phi) is 5.34. The van der Waals surface area contributed by atoms with Gasteiger partial charge in [0, 0.05) is 30.2 Å². The van der Waals surface area contributed by atoms with Gasteiger partial charge >= 0.3 is 5.97 Å². The topological polar surface area (TPSA) is 41.6 Å². The molecule has 4 nitrogen and oxygen atoms in total. The molecule has 0 aromatic heterocycles. The fourth-order valence-corrected chi connectivity index (χ4v) is 2.72. The average Bonchev–Trinajstić information content (AvgIpc) is 2.71. The van der Waals surface area contributed by atoms with Crippen molar-refractivity contribution < 1.29 is 13.9 Å². The summed E-state index contributed by atoms with van der Waals surface area (Å²) in [5.74, 6) is -0.969. The molecule has 20 heavy (non-hydrogen) atoms. The van der Waals surface area contributed by atoms with Gasteiger partial charge in [-0.25, -0.2) is 9.18 Å². The Bertz CT molecular complexity index is 456. The Morgan fingerprint density at radius 2 is 2.25 bits per heavy atom. The van der Waals surface area contributed by atoms with E-state index in [1.165, 1.54) is 19.2 Å². The van der Waals surface area contributed by atoms with Crippen LogP contribution in [0.1, 0.15) is 18.0 Å². The highest BCUT2D eigenvalue weighted by Crippen LogP contribution is 2.31. The molecule has 1 unspecified atom stereocenters. The van der Waals surface area contributed by atoms with E-state index in [1.54, 1.807) is 6.07 Å². The normalized spacial score (nSPS) is 18.4. The van der Waals surface area contributed by atoms with Crippen LogP contribution >= 0.6 is 11.6 Å². The number of benzene rings is 1. The second-order valence-electron chi connectivity index (χ2n) is 4.70. The molecule has 1 aliphatic heterocycles. The van der Waals surface area contributed by atoms with Crippen LogP contribution < -0.4 is 5.32 Å². The van der Waals surface area contributed by atoms with Crippen molar-refractivity contribution in [3.05, 3.63) is 34.6 Å². The molecule has 1 fully saturated rings. The van der Waals surface area contributed by atoms with Gasteiger partial charge in [-0.3, -0.25) is 4.90 Å². The fourth-order valence-electron chi connectivity index (χ4n) is 2.46. The highest BCUT2D eigenvalue weighted by molar-refractivity contribution is 6.31. The first-order chi connectivity index (χ1) is 9.65. The third-order valence-electron chi connectivity index (χ3n) is 3.44. The molecule has 1 N–H and O–H groups in total. The van der Waals surface area contributed by atoms with Gasteiger partial charge in [0.25, 0.3) is 0 Å². The van der Waals surface area contributed by atoms with Crippen molar-refractivity contribution in [3.63, 3.8) is 0 Å². The molecule has 1 aromatic carbocycles. The number of rotatable bonds is 3. The summed E-state index contributed by atoms with van der Waals surface area (Å²) in [5.41, 5.74) is 0.197. The number of methoxy groups -OCH3 is 1. The smallest absolute Gasteiger partial charge is 0.327 e. The van der Waals surface area contributed by atoms with E-state index in [0.29, 0.717) is 13.1 Å². The van der Waals surface area contributed by atoms with E-state index < -0.39 is 17.8 Å². The number of halogens is 2. The molecule has 1 heterocycles. The highest BCUT2D eigenvalue weighted by atomic mass is 35.5. The number of nitrogens with zero attached hydrogens (tertiary/aromatic N) is 1. The van der Waals surface area contributed by atoms with Crippen LogP contribution in [0.4, 0.5) is 4.39 Å². The van der Waals surface area contributed by atoms with Crippen molar-refractivity contribution in [1.82, 2.24) is 10.2 Å². The lowest BCUT2D eigenvalue weighted by atomic mass is 10.0. The van der Waals surface area contributed by atoms with E-state index in [9.17, 15) is 9.18 Å². The summed E-state index contributed by atoms with van der Waals surface area (Å²) in [6, 6.07) is 3.63. The minimum atomic E-state index is -0.798. The standard InChI is InChI=1S/C14H18ClFN2O2/c1-20-14(19)13(18-8-3-6-17-7-9-18)12-10(15)4-2-5-11(12)16/h2,4-5,13,17H,3,6-9H2,1H3. The fraction of sp³-hybridized carbons (Fsp3) is 0.500. The first kappa shape index (κ1) is 15.2. The lowest BCUT2D eigenvalue weighted by molar-refractivity contribution is -0.147. The van der Waals surface area contributed by atoms with Gasteiger partial charge in [-0.2, -0.15) is 0 Å². The van der Waals surface area contributed by atoms with Gasteiger partial charge in [-0.15, -0.1) is 0 Å². The Morgan fingerprint density at radius 1 is 1.45 bits per heavy atom. The number of nitrogens with one attached hydrogen (secondary N) is 1. The summed E-state index contributed by atoms with van der Waals surface area (Å²) in [5, 5.41) is 3.50. The predicted molar refractivity (Wildman–Crippen MR) is 75.2 cm³/mol. The first-order valence-electron chi connectivity index (χ1n) is 6.61. The van der Waals surface area contributed by atoms with Crippen LogP contribution in [0.15, 0.2) is 18.2 Å². The summed E-state index contributed by atoms with van der Waals surface area (Å²) in [7, 11) is 1.31. The number of carbonyl (C=O) groups excluding carboxylic acids is 1. The summed E-state index contributed by atoms with van der Waals surface area (Å²) in [6.07, 6.45) is 0.888. The van der Waals surface area contributed by atoms with Crippen LogP contribution in [0, 0.1) is 5.82 Å². The molecule has 0 aliphatic carbocycles. The zero-order chi connectivity index (χ0) is 14.5. The van der Waals surface area contributed by atoms with Crippen molar-refractivity contribution in [2.75, 3.05) is 33.3 Å². The molecule has 1 saturated heterocycles. The van der Waals surface area contributed by atoms with Crippen molar-refractivity contribution in [2.45, 2.75) is 12.5 Å². The Hall–Kier alpha value is -1.17. The number of hydrogen-bond acceptors (Lipinski definition) is 4. The highest BCUT2D eigenvalue weighted by Gasteiger charge is 2.32. The zero-order valence-corrected chi connectivity index (χ0v) is 12.1. The molecule has 1 aliphatic rings. The number of esters is 1. The maximum atomic E-state index is 14.1. The third-order valence-corrected chi connectivity index (χ3v) is 3.77. The Morgan fingerprint density at radius 3 is 2.95 bits per heavy atom. The molecule has 0 bridgehead atoms. The Labute approximate surface area is 122 Å². The van der Waals surface area contributed by atoms with Gasteiger partial charge in [0.2, 0.25) is 0 Å². The molecule has 0 saturated carbocycles. The lowest BCUT2D eigenvalue weighted by Gasteiger charge is -2.29. The van der Waals surface area contributed by atoms with Gasteiger partial charge < -0.3 is 10.1 Å². The van der Waals surface area contributed by atoms with Crippen LogP contribution in [0.25, 0.3) is 0 Å². The monoisotopic (exact) mass is 300 g/mol. The van der Waals surface area contributed by atoms with Gasteiger partial charge in [0.05, 0.1) is 7.11 Å². The molecule has 110 valence electrons. The minimum Gasteiger partial charge on any atom is -0.468 e. The summed E-state index contributed by atoms with van der Waals surface area (Å²) in [6.45, 7) is 2.97. The second-order valence-corrected chi connectivity index (χ2v) is 5.11. The van der Waals surface area contributed by atoms with Crippen LogP contribution in [0.3, 0.4) is 0 Å². The largest absolute Gasteiger partial charge is 0.468 e.